The van der Waals surface area contributed by atoms with Gasteiger partial charge in [0.05, 0.1) is 0 Å². The summed E-state index contributed by atoms with van der Waals surface area (Å²) < 4.78 is 5.48. The highest BCUT2D eigenvalue weighted by Gasteiger charge is 2.29. The van der Waals surface area contributed by atoms with E-state index in [2.05, 4.69) is 0 Å². The van der Waals surface area contributed by atoms with Crippen molar-refractivity contribution in [3.05, 3.63) is 86.9 Å². The Morgan fingerprint density at radius 2 is 1.64 bits per heavy atom. The van der Waals surface area contributed by atoms with Gasteiger partial charge in [-0.2, -0.15) is 0 Å². The lowest BCUT2D eigenvalue weighted by molar-refractivity contribution is -0.127. The Morgan fingerprint density at radius 3 is 2.24 bits per heavy atom. The summed E-state index contributed by atoms with van der Waals surface area (Å²) in [4.78, 5) is 26.9. The number of nitrogens with zero attached hydrogens (tertiary/aromatic N) is 1. The van der Waals surface area contributed by atoms with Crippen LogP contribution in [-0.2, 0) is 16.0 Å². The van der Waals surface area contributed by atoms with Crippen LogP contribution in [0.4, 0.5) is 4.79 Å². The highest BCUT2D eigenvalue weighted by Crippen LogP contribution is 2.22. The zero-order valence-electron chi connectivity index (χ0n) is 19.1. The third-order valence-electron chi connectivity index (χ3n) is 4.62. The first kappa shape index (κ1) is 27.0. The van der Waals surface area contributed by atoms with E-state index in [1.54, 1.807) is 57.2 Å². The number of allylic oxidation sites excluding steroid dienone is 2. The Balaban J connectivity index is 2.12. The summed E-state index contributed by atoms with van der Waals surface area (Å²) in [6.45, 7) is 7.12. The second-order valence-corrected chi connectivity index (χ2v) is 9.87. The molecule has 0 bridgehead atoms. The lowest BCUT2D eigenvalue weighted by atomic mass is 10.1. The quantitative estimate of drug-likeness (QED) is 0.281. The number of amides is 2. The van der Waals surface area contributed by atoms with Crippen molar-refractivity contribution >= 4 is 52.9 Å². The minimum atomic E-state index is -0.722. The average molecular weight is 509 g/mol. The number of halogens is 3. The number of benzene rings is 2. The highest BCUT2D eigenvalue weighted by molar-refractivity contribution is 6.35. The second kappa shape index (κ2) is 12.3. The molecule has 0 fully saturated rings. The Kier molecular flexibility index (Phi) is 10.0. The van der Waals surface area contributed by atoms with Gasteiger partial charge in [-0.25, -0.2) is 9.69 Å². The molecule has 7 heteroatoms. The third kappa shape index (κ3) is 9.24. The molecule has 0 aromatic heterocycles. The summed E-state index contributed by atoms with van der Waals surface area (Å²) in [6, 6.07) is 12.3. The van der Waals surface area contributed by atoms with Crippen LogP contribution in [0.2, 0.25) is 15.1 Å². The minimum absolute atomic E-state index is 0.373. The summed E-state index contributed by atoms with van der Waals surface area (Å²) in [5.41, 5.74) is 1.11. The van der Waals surface area contributed by atoms with Gasteiger partial charge in [0.25, 0.3) is 5.91 Å². The van der Waals surface area contributed by atoms with Gasteiger partial charge >= 0.3 is 6.09 Å². The Bertz CT molecular complexity index is 1020. The molecule has 1 unspecified atom stereocenters. The topological polar surface area (TPSA) is 46.6 Å². The second-order valence-electron chi connectivity index (χ2n) is 8.59. The fourth-order valence-corrected chi connectivity index (χ4v) is 3.57. The van der Waals surface area contributed by atoms with Crippen molar-refractivity contribution in [2.24, 2.45) is 0 Å². The molecule has 33 heavy (non-hydrogen) atoms. The fourth-order valence-electron chi connectivity index (χ4n) is 2.97. The van der Waals surface area contributed by atoms with E-state index in [0.29, 0.717) is 27.9 Å². The van der Waals surface area contributed by atoms with E-state index in [1.165, 1.54) is 6.08 Å². The van der Waals surface area contributed by atoms with Crippen molar-refractivity contribution in [1.82, 2.24) is 4.90 Å². The van der Waals surface area contributed by atoms with Crippen molar-refractivity contribution in [3.8, 4) is 0 Å². The summed E-state index contributed by atoms with van der Waals surface area (Å²) in [5, 5.41) is 1.71. The lowest BCUT2D eigenvalue weighted by Crippen LogP contribution is -2.45. The number of ether oxygens (including phenoxy) is 1. The number of carbonyl (C=O) groups is 2. The standard InChI is InChI=1S/C26H28Cl3NO3/c1-18(9-10-19-11-14-21(27)15-12-19)30(25(32)33-26(2,3)4)24(31)8-6-5-7-20-13-16-22(28)17-23(20)29/h5-8,11-18H,9-10H2,1-4H3. The molecule has 0 spiro atoms. The molecule has 0 aliphatic rings. The van der Waals surface area contributed by atoms with Gasteiger partial charge in [0, 0.05) is 27.2 Å². The maximum atomic E-state index is 12.9. The number of carbonyl (C=O) groups excluding carboxylic acids is 2. The molecule has 2 amide bonds. The first-order chi connectivity index (χ1) is 15.5. The van der Waals surface area contributed by atoms with Gasteiger partial charge in [-0.15, -0.1) is 0 Å². The molecule has 0 saturated carbocycles. The molecule has 2 aromatic carbocycles. The molecule has 0 aliphatic carbocycles. The number of hydrogen-bond donors (Lipinski definition) is 0. The van der Waals surface area contributed by atoms with E-state index in [1.807, 2.05) is 31.2 Å². The van der Waals surface area contributed by atoms with Gasteiger partial charge in [0.15, 0.2) is 0 Å². The monoisotopic (exact) mass is 507 g/mol. The van der Waals surface area contributed by atoms with Crippen molar-refractivity contribution in [3.63, 3.8) is 0 Å². The van der Waals surface area contributed by atoms with Crippen LogP contribution < -0.4 is 0 Å². The predicted molar refractivity (Wildman–Crippen MR) is 137 cm³/mol. The molecule has 0 saturated heterocycles. The zero-order valence-corrected chi connectivity index (χ0v) is 21.4. The molecule has 0 N–H and O–H groups in total. The largest absolute Gasteiger partial charge is 0.443 e. The van der Waals surface area contributed by atoms with Crippen LogP contribution in [0.25, 0.3) is 6.08 Å². The number of aryl methyl sites for hydroxylation is 1. The molecule has 1 atom stereocenters. The number of rotatable bonds is 7. The number of hydrogen-bond acceptors (Lipinski definition) is 3. The smallest absolute Gasteiger partial charge is 0.417 e. The molecule has 0 heterocycles. The predicted octanol–water partition coefficient (Wildman–Crippen LogP) is 8.00. The third-order valence-corrected chi connectivity index (χ3v) is 5.44. The lowest BCUT2D eigenvalue weighted by Gasteiger charge is -2.29. The van der Waals surface area contributed by atoms with Crippen molar-refractivity contribution in [1.29, 1.82) is 0 Å². The van der Waals surface area contributed by atoms with Crippen LogP contribution in [0, 0.1) is 0 Å². The van der Waals surface area contributed by atoms with Crippen LogP contribution in [0.3, 0.4) is 0 Å². The maximum absolute atomic E-state index is 12.9. The normalized spacial score (nSPS) is 12.8. The molecule has 0 aliphatic heterocycles. The van der Waals surface area contributed by atoms with E-state index in [9.17, 15) is 9.59 Å². The Labute approximate surface area is 210 Å². The van der Waals surface area contributed by atoms with E-state index in [4.69, 9.17) is 39.5 Å². The summed E-state index contributed by atoms with van der Waals surface area (Å²) >= 11 is 18.0. The van der Waals surface area contributed by atoms with Gasteiger partial charge in [-0.3, -0.25) is 4.79 Å². The first-order valence-electron chi connectivity index (χ1n) is 10.6. The Hall–Kier alpha value is -2.27. The summed E-state index contributed by atoms with van der Waals surface area (Å²) in [5.74, 6) is -0.459. The average Bonchev–Trinajstić information content (AvgIpc) is 2.71. The van der Waals surface area contributed by atoms with Crippen molar-refractivity contribution in [2.45, 2.75) is 52.2 Å². The molecule has 2 rings (SSSR count). The van der Waals surface area contributed by atoms with Crippen LogP contribution in [0.5, 0.6) is 0 Å². The molecule has 0 radical (unpaired) electrons. The zero-order chi connectivity index (χ0) is 24.6. The van der Waals surface area contributed by atoms with Gasteiger partial charge in [-0.05, 0) is 75.9 Å². The van der Waals surface area contributed by atoms with Crippen molar-refractivity contribution < 1.29 is 14.3 Å². The number of imide groups is 1. The van der Waals surface area contributed by atoms with E-state index < -0.39 is 17.6 Å². The van der Waals surface area contributed by atoms with Crippen molar-refractivity contribution in [2.75, 3.05) is 0 Å². The fraction of sp³-hybridized carbons (Fsp3) is 0.308. The summed E-state index contributed by atoms with van der Waals surface area (Å²) in [6.07, 6.45) is 6.92. The van der Waals surface area contributed by atoms with Crippen LogP contribution in [0.15, 0.2) is 60.7 Å². The molecular formula is C26H28Cl3NO3. The molecule has 176 valence electrons. The minimum Gasteiger partial charge on any atom is -0.443 e. The molecule has 2 aromatic rings. The molecular weight excluding hydrogens is 481 g/mol. The Morgan fingerprint density at radius 1 is 1.00 bits per heavy atom. The van der Waals surface area contributed by atoms with Crippen LogP contribution in [0.1, 0.15) is 45.2 Å². The van der Waals surface area contributed by atoms with Gasteiger partial charge in [-0.1, -0.05) is 71.2 Å². The van der Waals surface area contributed by atoms with E-state index in [0.717, 1.165) is 16.0 Å². The van der Waals surface area contributed by atoms with Gasteiger partial charge < -0.3 is 4.74 Å². The van der Waals surface area contributed by atoms with Crippen LogP contribution >= 0.6 is 34.8 Å². The highest BCUT2D eigenvalue weighted by atomic mass is 35.5. The van der Waals surface area contributed by atoms with E-state index >= 15 is 0 Å². The van der Waals surface area contributed by atoms with Gasteiger partial charge in [0.1, 0.15) is 5.60 Å². The first-order valence-corrected chi connectivity index (χ1v) is 11.7. The molecule has 4 nitrogen and oxygen atoms in total. The summed E-state index contributed by atoms with van der Waals surface area (Å²) in [7, 11) is 0. The van der Waals surface area contributed by atoms with E-state index in [-0.39, 0.29) is 6.04 Å². The maximum Gasteiger partial charge on any atom is 0.417 e. The van der Waals surface area contributed by atoms with Crippen LogP contribution in [-0.4, -0.2) is 28.5 Å². The van der Waals surface area contributed by atoms with Gasteiger partial charge in [0.2, 0.25) is 0 Å². The SMILES string of the molecule is CC(CCc1ccc(Cl)cc1)N(C(=O)C=CC=Cc1ccc(Cl)cc1Cl)C(=O)OC(C)(C)C.